The molecule has 64 valence electrons. The molecule has 0 fully saturated rings. The summed E-state index contributed by atoms with van der Waals surface area (Å²) in [6.45, 7) is 1.79. The van der Waals surface area contributed by atoms with E-state index in [1.165, 1.54) is 0 Å². The number of aliphatic carboxylic acids is 1. The summed E-state index contributed by atoms with van der Waals surface area (Å²) in [5.74, 6) is -1.06. The summed E-state index contributed by atoms with van der Waals surface area (Å²) >= 11 is 0. The predicted molar refractivity (Wildman–Crippen MR) is 43.5 cm³/mol. The van der Waals surface area contributed by atoms with Crippen molar-refractivity contribution < 1.29 is 9.90 Å². The van der Waals surface area contributed by atoms with Gasteiger partial charge in [0.1, 0.15) is 6.04 Å². The molecule has 0 aliphatic rings. The second-order valence-electron chi connectivity index (χ2n) is 2.52. The number of aromatic nitrogens is 1. The number of pyridine rings is 1. The molecule has 3 N–H and O–H groups in total. The molecule has 1 aromatic heterocycles. The van der Waals surface area contributed by atoms with Crippen LogP contribution in [0, 0.1) is 6.92 Å². The molecule has 0 radical (unpaired) electrons. The Bertz CT molecular complexity index is 299. The average Bonchev–Trinajstić information content (AvgIpc) is 2.03. The zero-order valence-corrected chi connectivity index (χ0v) is 6.69. The van der Waals surface area contributed by atoms with Gasteiger partial charge in [-0.1, -0.05) is 6.07 Å². The van der Waals surface area contributed by atoms with Gasteiger partial charge >= 0.3 is 5.97 Å². The number of hydrogen-bond acceptors (Lipinski definition) is 3. The van der Waals surface area contributed by atoms with E-state index in [2.05, 4.69) is 4.98 Å². The van der Waals surface area contributed by atoms with E-state index in [1.807, 2.05) is 0 Å². The molecular formula is C8H10N2O2. The van der Waals surface area contributed by atoms with Crippen LogP contribution in [0.4, 0.5) is 0 Å². The maximum atomic E-state index is 10.4. The number of carboxylic acids is 1. The van der Waals surface area contributed by atoms with E-state index in [-0.39, 0.29) is 0 Å². The molecule has 0 unspecified atom stereocenters. The van der Waals surface area contributed by atoms with E-state index in [9.17, 15) is 4.79 Å². The maximum absolute atomic E-state index is 10.4. The highest BCUT2D eigenvalue weighted by Gasteiger charge is 2.14. The molecule has 4 heteroatoms. The Balaban J connectivity index is 2.95. The fourth-order valence-corrected chi connectivity index (χ4v) is 0.864. The van der Waals surface area contributed by atoms with Gasteiger partial charge in [-0.15, -0.1) is 0 Å². The van der Waals surface area contributed by atoms with Crippen LogP contribution >= 0.6 is 0 Å². The first-order valence-electron chi connectivity index (χ1n) is 3.53. The van der Waals surface area contributed by atoms with E-state index in [0.29, 0.717) is 5.69 Å². The third-order valence-electron chi connectivity index (χ3n) is 1.49. The summed E-state index contributed by atoms with van der Waals surface area (Å²) < 4.78 is 0. The minimum absolute atomic E-state index is 0.391. The maximum Gasteiger partial charge on any atom is 0.326 e. The minimum atomic E-state index is -1.06. The van der Waals surface area contributed by atoms with Crippen molar-refractivity contribution in [2.45, 2.75) is 13.0 Å². The van der Waals surface area contributed by atoms with Crippen LogP contribution in [0.3, 0.4) is 0 Å². The van der Waals surface area contributed by atoms with Crippen LogP contribution in [-0.4, -0.2) is 16.1 Å². The number of aryl methyl sites for hydroxylation is 1. The van der Waals surface area contributed by atoms with Gasteiger partial charge in [0.05, 0.1) is 5.69 Å². The lowest BCUT2D eigenvalue weighted by Gasteiger charge is -2.05. The van der Waals surface area contributed by atoms with Crippen LogP contribution < -0.4 is 5.73 Å². The summed E-state index contributed by atoms with van der Waals surface area (Å²) in [5.41, 5.74) is 6.50. The zero-order valence-electron chi connectivity index (χ0n) is 6.69. The van der Waals surface area contributed by atoms with Gasteiger partial charge in [0, 0.05) is 5.69 Å². The van der Waals surface area contributed by atoms with Crippen molar-refractivity contribution in [2.75, 3.05) is 0 Å². The third-order valence-corrected chi connectivity index (χ3v) is 1.49. The van der Waals surface area contributed by atoms with E-state index < -0.39 is 12.0 Å². The van der Waals surface area contributed by atoms with Gasteiger partial charge in [-0.25, -0.2) is 0 Å². The topological polar surface area (TPSA) is 76.2 Å². The van der Waals surface area contributed by atoms with Gasteiger partial charge in [-0.2, -0.15) is 0 Å². The van der Waals surface area contributed by atoms with E-state index in [4.69, 9.17) is 10.8 Å². The molecule has 0 saturated carbocycles. The molecule has 12 heavy (non-hydrogen) atoms. The fourth-order valence-electron chi connectivity index (χ4n) is 0.864. The Labute approximate surface area is 70.0 Å². The second kappa shape index (κ2) is 3.32. The predicted octanol–water partition coefficient (Wildman–Crippen LogP) is 0.474. The minimum Gasteiger partial charge on any atom is -0.480 e. The molecule has 1 aromatic rings. The molecule has 1 heterocycles. The summed E-state index contributed by atoms with van der Waals surface area (Å²) in [5, 5.41) is 8.56. The molecule has 1 rings (SSSR count). The number of rotatable bonds is 2. The van der Waals surface area contributed by atoms with Crippen molar-refractivity contribution in [3.8, 4) is 0 Å². The van der Waals surface area contributed by atoms with Crippen molar-refractivity contribution in [2.24, 2.45) is 5.73 Å². The summed E-state index contributed by atoms with van der Waals surface area (Å²) in [4.78, 5) is 14.4. The van der Waals surface area contributed by atoms with Crippen LogP contribution in [0.25, 0.3) is 0 Å². The van der Waals surface area contributed by atoms with Crippen molar-refractivity contribution in [1.82, 2.24) is 4.98 Å². The molecule has 0 aliphatic carbocycles. The van der Waals surface area contributed by atoms with Crippen LogP contribution in [0.1, 0.15) is 17.4 Å². The first kappa shape index (κ1) is 8.67. The van der Waals surface area contributed by atoms with Crippen molar-refractivity contribution in [3.63, 3.8) is 0 Å². The van der Waals surface area contributed by atoms with Crippen LogP contribution in [0.15, 0.2) is 18.2 Å². The largest absolute Gasteiger partial charge is 0.480 e. The third kappa shape index (κ3) is 1.79. The van der Waals surface area contributed by atoms with Gasteiger partial charge in [0.15, 0.2) is 0 Å². The quantitative estimate of drug-likeness (QED) is 0.669. The lowest BCUT2D eigenvalue weighted by atomic mass is 10.2. The molecule has 0 amide bonds. The van der Waals surface area contributed by atoms with Gasteiger partial charge in [-0.3, -0.25) is 9.78 Å². The fraction of sp³-hybridized carbons (Fsp3) is 0.250. The normalized spacial score (nSPS) is 12.5. The summed E-state index contributed by atoms with van der Waals surface area (Å²) in [6, 6.07) is 4.11. The Hall–Kier alpha value is -1.42. The van der Waals surface area contributed by atoms with Crippen LogP contribution in [-0.2, 0) is 4.79 Å². The number of hydrogen-bond donors (Lipinski definition) is 2. The van der Waals surface area contributed by atoms with Gasteiger partial charge in [-0.05, 0) is 19.1 Å². The second-order valence-corrected chi connectivity index (χ2v) is 2.52. The van der Waals surface area contributed by atoms with Crippen molar-refractivity contribution >= 4 is 5.97 Å². The number of carbonyl (C=O) groups is 1. The molecular weight excluding hydrogens is 156 g/mol. The standard InChI is InChI=1S/C8H10N2O2/c1-5-3-2-4-6(10-5)7(9)8(11)12/h2-4,7H,9H2,1H3,(H,11,12)/t7-/m1/s1. The molecule has 4 nitrogen and oxygen atoms in total. The highest BCUT2D eigenvalue weighted by molar-refractivity contribution is 5.74. The lowest BCUT2D eigenvalue weighted by molar-refractivity contribution is -0.138. The zero-order chi connectivity index (χ0) is 9.14. The molecule has 0 aliphatic heterocycles. The molecule has 0 aromatic carbocycles. The molecule has 0 bridgehead atoms. The van der Waals surface area contributed by atoms with Crippen LogP contribution in [0.5, 0.6) is 0 Å². The number of nitrogens with zero attached hydrogens (tertiary/aromatic N) is 1. The Kier molecular flexibility index (Phi) is 2.40. The van der Waals surface area contributed by atoms with E-state index in [0.717, 1.165) is 5.69 Å². The van der Waals surface area contributed by atoms with Crippen molar-refractivity contribution in [1.29, 1.82) is 0 Å². The average molecular weight is 166 g/mol. The monoisotopic (exact) mass is 166 g/mol. The summed E-state index contributed by atoms with van der Waals surface area (Å²) in [6.07, 6.45) is 0. The van der Waals surface area contributed by atoms with Gasteiger partial charge < -0.3 is 10.8 Å². The smallest absolute Gasteiger partial charge is 0.326 e. The number of nitrogens with two attached hydrogens (primary N) is 1. The first-order valence-corrected chi connectivity index (χ1v) is 3.53. The summed E-state index contributed by atoms with van der Waals surface area (Å²) in [7, 11) is 0. The van der Waals surface area contributed by atoms with Gasteiger partial charge in [0.25, 0.3) is 0 Å². The Morgan fingerprint density at radius 1 is 1.67 bits per heavy atom. The Morgan fingerprint density at radius 2 is 2.33 bits per heavy atom. The lowest BCUT2D eigenvalue weighted by Crippen LogP contribution is -2.21. The van der Waals surface area contributed by atoms with E-state index in [1.54, 1.807) is 25.1 Å². The number of carboxylic acid groups (broad SMARTS) is 1. The Morgan fingerprint density at radius 3 is 2.83 bits per heavy atom. The van der Waals surface area contributed by atoms with Gasteiger partial charge in [0.2, 0.25) is 0 Å². The van der Waals surface area contributed by atoms with Crippen molar-refractivity contribution in [3.05, 3.63) is 29.6 Å². The highest BCUT2D eigenvalue weighted by atomic mass is 16.4. The van der Waals surface area contributed by atoms with Crippen LogP contribution in [0.2, 0.25) is 0 Å². The SMILES string of the molecule is Cc1cccc([C@@H](N)C(=O)O)n1. The highest BCUT2D eigenvalue weighted by Crippen LogP contribution is 2.07. The molecule has 0 spiro atoms. The van der Waals surface area contributed by atoms with E-state index >= 15 is 0 Å². The molecule has 0 saturated heterocycles. The molecule has 1 atom stereocenters. The first-order chi connectivity index (χ1) is 5.61.